The van der Waals surface area contributed by atoms with Crippen LogP contribution in [-0.4, -0.2) is 0 Å². The van der Waals surface area contributed by atoms with Crippen LogP contribution in [0.1, 0.15) is 46.5 Å². The maximum absolute atomic E-state index is 4.35. The summed E-state index contributed by atoms with van der Waals surface area (Å²) in [4.78, 5) is 0. The van der Waals surface area contributed by atoms with Gasteiger partial charge in [-0.15, -0.1) is 0 Å². The third-order valence-electron chi connectivity index (χ3n) is 5.99. The van der Waals surface area contributed by atoms with Crippen molar-refractivity contribution in [3.63, 3.8) is 0 Å². The summed E-state index contributed by atoms with van der Waals surface area (Å²) in [6.45, 7) is 11.7. The summed E-state index contributed by atoms with van der Waals surface area (Å²) in [6, 6.07) is 0. The van der Waals surface area contributed by atoms with Crippen LogP contribution < -0.4 is 0 Å². The minimum Gasteiger partial charge on any atom is -0.0995 e. The molecule has 0 heterocycles. The van der Waals surface area contributed by atoms with Crippen LogP contribution in [0.15, 0.2) is 12.2 Å². The van der Waals surface area contributed by atoms with Crippen molar-refractivity contribution in [1.29, 1.82) is 0 Å². The fourth-order valence-corrected chi connectivity index (χ4v) is 5.32. The predicted octanol–water partition coefficient (Wildman–Crippen LogP) is 4.27. The fraction of sp³-hybridized carbons (Fsp3) is 0.867. The molecule has 84 valence electrons. The van der Waals surface area contributed by atoms with Crippen LogP contribution >= 0.6 is 0 Å². The van der Waals surface area contributed by atoms with Gasteiger partial charge in [0.25, 0.3) is 0 Å². The molecular weight excluding hydrogens is 180 g/mol. The second-order valence-corrected chi connectivity index (χ2v) is 6.81. The lowest BCUT2D eigenvalue weighted by Gasteiger charge is -2.71. The summed E-state index contributed by atoms with van der Waals surface area (Å²) >= 11 is 0. The van der Waals surface area contributed by atoms with Gasteiger partial charge in [0.1, 0.15) is 0 Å². The minimum absolute atomic E-state index is 0.672. The van der Waals surface area contributed by atoms with E-state index in [1.807, 2.05) is 0 Å². The van der Waals surface area contributed by atoms with Gasteiger partial charge in [0.05, 0.1) is 0 Å². The molecule has 3 unspecified atom stereocenters. The van der Waals surface area contributed by atoms with Gasteiger partial charge in [0, 0.05) is 0 Å². The Hall–Kier alpha value is -0.260. The lowest BCUT2D eigenvalue weighted by atomic mass is 9.33. The molecule has 0 heteroatoms. The predicted molar refractivity (Wildman–Crippen MR) is 64.5 cm³/mol. The molecule has 0 aromatic heterocycles. The van der Waals surface area contributed by atoms with E-state index < -0.39 is 0 Å². The highest BCUT2D eigenvalue weighted by Crippen LogP contribution is 2.72. The van der Waals surface area contributed by atoms with Crippen LogP contribution in [0.3, 0.4) is 0 Å². The molecular formula is C15H24. The highest BCUT2D eigenvalue weighted by molar-refractivity contribution is 5.26. The standard InChI is InChI=1S/C15H24/c1-9(2)11-7-8-15(4)12-6-5-10(3)14(15)13(11)12/h9,11-14H,3,5-8H2,1-2,4H3/t11?,12?,13?,14-,15-/m1/s1. The Morgan fingerprint density at radius 2 is 2.07 bits per heavy atom. The van der Waals surface area contributed by atoms with Crippen LogP contribution in [0, 0.1) is 35.0 Å². The Morgan fingerprint density at radius 1 is 1.33 bits per heavy atom. The van der Waals surface area contributed by atoms with Crippen LogP contribution in [0.25, 0.3) is 0 Å². The van der Waals surface area contributed by atoms with Gasteiger partial charge in [0.15, 0.2) is 0 Å². The molecule has 4 aliphatic carbocycles. The highest BCUT2D eigenvalue weighted by Gasteiger charge is 2.65. The molecule has 0 aromatic rings. The van der Waals surface area contributed by atoms with Gasteiger partial charge in [-0.1, -0.05) is 32.9 Å². The topological polar surface area (TPSA) is 0 Å². The zero-order valence-corrected chi connectivity index (χ0v) is 10.4. The van der Waals surface area contributed by atoms with Crippen molar-refractivity contribution >= 4 is 0 Å². The zero-order chi connectivity index (χ0) is 10.8. The molecule has 0 spiro atoms. The van der Waals surface area contributed by atoms with Crippen molar-refractivity contribution in [3.05, 3.63) is 12.2 Å². The number of allylic oxidation sites excluding steroid dienone is 1. The van der Waals surface area contributed by atoms with Crippen molar-refractivity contribution < 1.29 is 0 Å². The van der Waals surface area contributed by atoms with Gasteiger partial charge in [0.2, 0.25) is 0 Å². The first-order chi connectivity index (χ1) is 7.05. The van der Waals surface area contributed by atoms with E-state index in [4.69, 9.17) is 0 Å². The molecule has 4 fully saturated rings. The number of fused-ring (bicyclic) bond motifs is 2. The van der Waals surface area contributed by atoms with Crippen molar-refractivity contribution in [2.24, 2.45) is 35.0 Å². The second kappa shape index (κ2) is 2.90. The molecule has 15 heavy (non-hydrogen) atoms. The van der Waals surface area contributed by atoms with Crippen LogP contribution in [0.4, 0.5) is 0 Å². The highest BCUT2D eigenvalue weighted by atomic mass is 14.7. The average Bonchev–Trinajstić information content (AvgIpc) is 2.17. The summed E-state index contributed by atoms with van der Waals surface area (Å²) in [5.74, 6) is 4.85. The monoisotopic (exact) mass is 204 g/mol. The summed E-state index contributed by atoms with van der Waals surface area (Å²) in [5, 5.41) is 0. The van der Waals surface area contributed by atoms with E-state index in [-0.39, 0.29) is 0 Å². The van der Waals surface area contributed by atoms with E-state index in [0.29, 0.717) is 5.41 Å². The molecule has 4 rings (SSSR count). The molecule has 0 nitrogen and oxygen atoms in total. The maximum Gasteiger partial charge on any atom is -0.0115 e. The summed E-state index contributed by atoms with van der Waals surface area (Å²) < 4.78 is 0. The fourth-order valence-electron chi connectivity index (χ4n) is 5.32. The Labute approximate surface area is 94.1 Å². The zero-order valence-electron chi connectivity index (χ0n) is 10.4. The Bertz CT molecular complexity index is 299. The van der Waals surface area contributed by atoms with Gasteiger partial charge in [-0.25, -0.2) is 0 Å². The molecule has 0 amide bonds. The molecule has 4 saturated carbocycles. The largest absolute Gasteiger partial charge is 0.0995 e. The average molecular weight is 204 g/mol. The Morgan fingerprint density at radius 3 is 2.67 bits per heavy atom. The molecule has 4 aliphatic rings. The van der Waals surface area contributed by atoms with Gasteiger partial charge < -0.3 is 0 Å². The summed E-state index contributed by atoms with van der Waals surface area (Å²) in [7, 11) is 0. The van der Waals surface area contributed by atoms with Crippen LogP contribution in [0.5, 0.6) is 0 Å². The second-order valence-electron chi connectivity index (χ2n) is 6.81. The summed E-state index contributed by atoms with van der Waals surface area (Å²) in [5.41, 5.74) is 2.26. The van der Waals surface area contributed by atoms with E-state index in [9.17, 15) is 0 Å². The molecule has 5 atom stereocenters. The molecule has 0 aliphatic heterocycles. The lowest BCUT2D eigenvalue weighted by Crippen LogP contribution is -2.64. The van der Waals surface area contributed by atoms with Crippen molar-refractivity contribution in [2.75, 3.05) is 0 Å². The quantitative estimate of drug-likeness (QED) is 0.559. The molecule has 0 radical (unpaired) electrons. The Balaban J connectivity index is 1.93. The molecule has 0 N–H and O–H groups in total. The summed E-state index contributed by atoms with van der Waals surface area (Å²) in [6.07, 6.45) is 5.73. The lowest BCUT2D eigenvalue weighted by molar-refractivity contribution is -0.194. The molecule has 0 aromatic carbocycles. The van der Waals surface area contributed by atoms with Crippen molar-refractivity contribution in [1.82, 2.24) is 0 Å². The van der Waals surface area contributed by atoms with Crippen LogP contribution in [0.2, 0.25) is 0 Å². The van der Waals surface area contributed by atoms with Crippen molar-refractivity contribution in [3.8, 4) is 0 Å². The Kier molecular flexibility index (Phi) is 1.92. The third kappa shape index (κ3) is 1.04. The van der Waals surface area contributed by atoms with Gasteiger partial charge in [-0.2, -0.15) is 0 Å². The number of hydrogen-bond donors (Lipinski definition) is 0. The van der Waals surface area contributed by atoms with Gasteiger partial charge >= 0.3 is 0 Å². The van der Waals surface area contributed by atoms with E-state index in [0.717, 1.165) is 29.6 Å². The third-order valence-corrected chi connectivity index (χ3v) is 5.99. The maximum atomic E-state index is 4.35. The van der Waals surface area contributed by atoms with E-state index in [2.05, 4.69) is 27.4 Å². The molecule has 4 bridgehead atoms. The number of hydrogen-bond acceptors (Lipinski definition) is 0. The van der Waals surface area contributed by atoms with Gasteiger partial charge in [-0.3, -0.25) is 0 Å². The van der Waals surface area contributed by atoms with Crippen LogP contribution in [-0.2, 0) is 0 Å². The van der Waals surface area contributed by atoms with E-state index >= 15 is 0 Å². The first kappa shape index (κ1) is 9.93. The molecule has 0 saturated heterocycles. The SMILES string of the molecule is C=C1CCC2C3C(C(C)C)CC[C@@]2(C)[C@H]13. The van der Waals surface area contributed by atoms with E-state index in [1.54, 1.807) is 5.57 Å². The number of rotatable bonds is 1. The normalized spacial score (nSPS) is 52.9. The van der Waals surface area contributed by atoms with E-state index in [1.165, 1.54) is 25.7 Å². The first-order valence-electron chi connectivity index (χ1n) is 6.73. The van der Waals surface area contributed by atoms with Gasteiger partial charge in [-0.05, 0) is 60.7 Å². The van der Waals surface area contributed by atoms with Crippen molar-refractivity contribution in [2.45, 2.75) is 46.5 Å². The first-order valence-corrected chi connectivity index (χ1v) is 6.73. The smallest absolute Gasteiger partial charge is 0.0115 e. The minimum atomic E-state index is 0.672.